The number of hydrogen-bond donors (Lipinski definition) is 1. The summed E-state index contributed by atoms with van der Waals surface area (Å²) in [5, 5.41) is 0. The molecule has 0 aliphatic carbocycles. The number of carbonyl (C=O) groups excluding carboxylic acids is 1. The summed E-state index contributed by atoms with van der Waals surface area (Å²) in [7, 11) is -7.72. The average molecular weight is 451 g/mol. The molecule has 1 saturated heterocycles. The first-order valence-corrected chi connectivity index (χ1v) is 12.7. The first kappa shape index (κ1) is 22.3. The molecule has 0 atom stereocenters. The molecule has 1 aliphatic heterocycles. The van der Waals surface area contributed by atoms with Crippen LogP contribution in [0.3, 0.4) is 0 Å². The minimum absolute atomic E-state index is 0.0214. The maximum atomic E-state index is 13.0. The molecule has 2 aromatic rings. The van der Waals surface area contributed by atoms with Crippen molar-refractivity contribution in [3.8, 4) is 0 Å². The molecule has 1 amide bonds. The summed E-state index contributed by atoms with van der Waals surface area (Å²) < 4.78 is 54.4. The predicted molar refractivity (Wildman–Crippen MR) is 118 cm³/mol. The Labute approximate surface area is 178 Å². The van der Waals surface area contributed by atoms with Gasteiger partial charge in [0.1, 0.15) is 0 Å². The zero-order chi connectivity index (χ0) is 22.5. The summed E-state index contributed by atoms with van der Waals surface area (Å²) in [4.78, 5) is 12.6. The highest BCUT2D eigenvalue weighted by molar-refractivity contribution is 7.94. The second-order valence-electron chi connectivity index (χ2n) is 8.51. The highest BCUT2D eigenvalue weighted by atomic mass is 32.2. The number of rotatable bonds is 5. The van der Waals surface area contributed by atoms with Crippen molar-refractivity contribution in [2.45, 2.75) is 45.4 Å². The van der Waals surface area contributed by atoms with Crippen LogP contribution in [0.25, 0.3) is 0 Å². The summed E-state index contributed by atoms with van der Waals surface area (Å²) in [5.41, 5.74) is 0.820. The molecule has 0 unspecified atom stereocenters. The normalized spacial score (nSPS) is 18.1. The largest absolute Gasteiger partial charge is 0.279 e. The number of hydrogen-bond acceptors (Lipinski definition) is 5. The van der Waals surface area contributed by atoms with E-state index in [4.69, 9.17) is 0 Å². The Morgan fingerprint density at radius 1 is 1.10 bits per heavy atom. The molecule has 30 heavy (non-hydrogen) atoms. The fraction of sp³-hybridized carbons (Fsp3) is 0.381. The van der Waals surface area contributed by atoms with E-state index in [-0.39, 0.29) is 22.3 Å². The van der Waals surface area contributed by atoms with Crippen LogP contribution in [0.2, 0.25) is 0 Å². The van der Waals surface area contributed by atoms with E-state index in [1.807, 2.05) is 26.0 Å². The van der Waals surface area contributed by atoms with E-state index in [1.165, 1.54) is 18.2 Å². The van der Waals surface area contributed by atoms with Crippen molar-refractivity contribution >= 4 is 37.3 Å². The number of amides is 1. The highest BCUT2D eigenvalue weighted by Gasteiger charge is 2.50. The van der Waals surface area contributed by atoms with Gasteiger partial charge in [0.15, 0.2) is 0 Å². The maximum absolute atomic E-state index is 13.0. The molecule has 3 rings (SSSR count). The minimum atomic E-state index is -3.91. The number of anilines is 2. The number of para-hydroxylation sites is 1. The van der Waals surface area contributed by atoms with E-state index in [0.717, 1.165) is 9.87 Å². The molecular weight excluding hydrogens is 424 g/mol. The average Bonchev–Trinajstić information content (AvgIpc) is 2.77. The van der Waals surface area contributed by atoms with Gasteiger partial charge < -0.3 is 0 Å². The molecule has 0 bridgehead atoms. The first-order chi connectivity index (χ1) is 13.8. The Hall–Kier alpha value is -2.39. The fourth-order valence-corrected chi connectivity index (χ4v) is 7.03. The third-order valence-electron chi connectivity index (χ3n) is 5.09. The van der Waals surface area contributed by atoms with Crippen LogP contribution < -0.4 is 9.03 Å². The van der Waals surface area contributed by atoms with Gasteiger partial charge in [-0.05, 0) is 62.1 Å². The van der Waals surface area contributed by atoms with Crippen molar-refractivity contribution in [1.82, 2.24) is 0 Å². The van der Waals surface area contributed by atoms with Crippen LogP contribution in [0.4, 0.5) is 11.4 Å². The molecule has 1 N–H and O–H groups in total. The summed E-state index contributed by atoms with van der Waals surface area (Å²) in [6, 6.07) is 11.3. The molecule has 0 radical (unpaired) electrons. The molecule has 0 aromatic heterocycles. The topological polar surface area (TPSA) is 101 Å². The van der Waals surface area contributed by atoms with E-state index in [2.05, 4.69) is 4.72 Å². The number of nitrogens with one attached hydrogen (secondary N) is 1. The van der Waals surface area contributed by atoms with Crippen molar-refractivity contribution in [2.75, 3.05) is 14.8 Å². The zero-order valence-electron chi connectivity index (χ0n) is 17.6. The lowest BCUT2D eigenvalue weighted by Crippen LogP contribution is -2.33. The third kappa shape index (κ3) is 3.96. The van der Waals surface area contributed by atoms with Gasteiger partial charge in [0, 0.05) is 0 Å². The van der Waals surface area contributed by atoms with Gasteiger partial charge in [-0.2, -0.15) is 0 Å². The quantitative estimate of drug-likeness (QED) is 0.750. The van der Waals surface area contributed by atoms with Gasteiger partial charge >= 0.3 is 0 Å². The summed E-state index contributed by atoms with van der Waals surface area (Å²) in [6.45, 7) is 8.68. The fourth-order valence-electron chi connectivity index (χ4n) is 3.62. The molecule has 9 heteroatoms. The van der Waals surface area contributed by atoms with Gasteiger partial charge in [-0.3, -0.25) is 9.52 Å². The highest BCUT2D eigenvalue weighted by Crippen LogP contribution is 2.37. The van der Waals surface area contributed by atoms with E-state index >= 15 is 0 Å². The van der Waals surface area contributed by atoms with E-state index < -0.39 is 31.4 Å². The summed E-state index contributed by atoms with van der Waals surface area (Å²) in [6.07, 6.45) is 0. The van der Waals surface area contributed by atoms with Gasteiger partial charge in [-0.25, -0.2) is 21.1 Å². The Balaban J connectivity index is 1.99. The second-order valence-corrected chi connectivity index (χ2v) is 12.0. The van der Waals surface area contributed by atoms with Gasteiger partial charge in [0.05, 0.1) is 27.4 Å². The van der Waals surface area contributed by atoms with Crippen LogP contribution in [-0.4, -0.2) is 28.5 Å². The molecule has 1 fully saturated rings. The number of nitrogens with zero attached hydrogens (tertiary/aromatic N) is 1. The van der Waals surface area contributed by atoms with E-state index in [0.29, 0.717) is 11.3 Å². The molecule has 1 heterocycles. The Kier molecular flexibility index (Phi) is 5.49. The van der Waals surface area contributed by atoms with Crippen LogP contribution in [0.1, 0.15) is 44.7 Å². The molecule has 2 aromatic carbocycles. The van der Waals surface area contributed by atoms with Crippen molar-refractivity contribution in [1.29, 1.82) is 0 Å². The Morgan fingerprint density at radius 2 is 1.73 bits per heavy atom. The monoisotopic (exact) mass is 450 g/mol. The molecule has 162 valence electrons. The maximum Gasteiger partial charge on any atom is 0.262 e. The lowest BCUT2D eigenvalue weighted by atomic mass is 9.95. The van der Waals surface area contributed by atoms with E-state index in [9.17, 15) is 21.6 Å². The van der Waals surface area contributed by atoms with Crippen LogP contribution in [0.5, 0.6) is 0 Å². The van der Waals surface area contributed by atoms with Crippen molar-refractivity contribution < 1.29 is 21.6 Å². The number of sulfonamides is 2. The molecule has 0 spiro atoms. The number of benzene rings is 2. The van der Waals surface area contributed by atoms with Crippen LogP contribution in [0.15, 0.2) is 47.4 Å². The van der Waals surface area contributed by atoms with Crippen molar-refractivity contribution in [3.63, 3.8) is 0 Å². The van der Waals surface area contributed by atoms with Crippen molar-refractivity contribution in [2.24, 2.45) is 5.41 Å². The SMILES string of the molecule is Cc1cc(N2C(=O)C(C)(C)CS2(=O)=O)ccc1S(=O)(=O)Nc1ccccc1C(C)C. The first-order valence-electron chi connectivity index (χ1n) is 9.56. The smallest absolute Gasteiger partial charge is 0.262 e. The van der Waals surface area contributed by atoms with Gasteiger partial charge in [-0.15, -0.1) is 0 Å². The van der Waals surface area contributed by atoms with E-state index in [1.54, 1.807) is 32.9 Å². The molecule has 7 nitrogen and oxygen atoms in total. The Bertz CT molecular complexity index is 1220. The number of aryl methyl sites for hydroxylation is 1. The lowest BCUT2D eigenvalue weighted by molar-refractivity contribution is -0.123. The van der Waals surface area contributed by atoms with Gasteiger partial charge in [0.2, 0.25) is 15.9 Å². The minimum Gasteiger partial charge on any atom is -0.279 e. The predicted octanol–water partition coefficient (Wildman–Crippen LogP) is 3.62. The number of carbonyl (C=O) groups is 1. The van der Waals surface area contributed by atoms with Gasteiger partial charge in [0.25, 0.3) is 10.0 Å². The van der Waals surface area contributed by atoms with Crippen molar-refractivity contribution in [3.05, 3.63) is 53.6 Å². The van der Waals surface area contributed by atoms with Crippen LogP contribution in [-0.2, 0) is 24.8 Å². The lowest BCUT2D eigenvalue weighted by Gasteiger charge is -2.19. The van der Waals surface area contributed by atoms with Crippen LogP contribution in [0, 0.1) is 12.3 Å². The third-order valence-corrected chi connectivity index (χ3v) is 8.64. The van der Waals surface area contributed by atoms with Gasteiger partial charge in [-0.1, -0.05) is 32.0 Å². The van der Waals surface area contributed by atoms with Crippen LogP contribution >= 0.6 is 0 Å². The standard InChI is InChI=1S/C21H26N2O5S2/c1-14(2)17-8-6-7-9-18(17)22-30(27,28)19-11-10-16(12-15(19)3)23-20(24)21(4,5)13-29(23,25)26/h6-12,14,22H,13H2,1-5H3. The molecular formula is C21H26N2O5S2. The second kappa shape index (κ2) is 7.39. The summed E-state index contributed by atoms with van der Waals surface area (Å²) >= 11 is 0. The molecule has 1 aliphatic rings. The zero-order valence-corrected chi connectivity index (χ0v) is 19.3. The summed E-state index contributed by atoms with van der Waals surface area (Å²) in [5.74, 6) is -0.686. The molecule has 0 saturated carbocycles. The Morgan fingerprint density at radius 3 is 2.27 bits per heavy atom.